The minimum Gasteiger partial charge on any atom is -0.399 e. The van der Waals surface area contributed by atoms with Gasteiger partial charge < -0.3 is 5.73 Å². The maximum atomic E-state index is 12.2. The van der Waals surface area contributed by atoms with Crippen LogP contribution in [0.25, 0.3) is 0 Å². The van der Waals surface area contributed by atoms with Gasteiger partial charge in [0.15, 0.2) is 0 Å². The first-order valence-corrected chi connectivity index (χ1v) is 8.80. The van der Waals surface area contributed by atoms with Crippen molar-refractivity contribution in [1.82, 2.24) is 5.43 Å². The highest BCUT2D eigenvalue weighted by Gasteiger charge is 2.49. The van der Waals surface area contributed by atoms with Crippen molar-refractivity contribution < 1.29 is 4.79 Å². The van der Waals surface area contributed by atoms with Crippen molar-refractivity contribution in [1.29, 1.82) is 0 Å². The van der Waals surface area contributed by atoms with Gasteiger partial charge in [0.1, 0.15) is 0 Å². The Morgan fingerprint density at radius 1 is 1.04 bits per heavy atom. The fourth-order valence-electron chi connectivity index (χ4n) is 5.52. The lowest BCUT2D eigenvalue weighted by atomic mass is 9.51. The first-order valence-electron chi connectivity index (χ1n) is 8.80. The number of rotatable bonds is 3. The van der Waals surface area contributed by atoms with E-state index in [0.717, 1.165) is 29.4 Å². The molecule has 1 aromatic carbocycles. The van der Waals surface area contributed by atoms with Gasteiger partial charge in [-0.3, -0.25) is 4.79 Å². The molecule has 3 N–H and O–H groups in total. The van der Waals surface area contributed by atoms with E-state index < -0.39 is 0 Å². The summed E-state index contributed by atoms with van der Waals surface area (Å²) in [4.78, 5) is 12.2. The second-order valence-corrected chi connectivity index (χ2v) is 7.77. The van der Waals surface area contributed by atoms with Crippen molar-refractivity contribution in [2.45, 2.75) is 39.0 Å². The number of nitrogens with two attached hydrogens (primary N) is 1. The number of amides is 1. The van der Waals surface area contributed by atoms with Gasteiger partial charge in [-0.1, -0.05) is 0 Å². The molecule has 0 atom stereocenters. The van der Waals surface area contributed by atoms with E-state index in [1.807, 2.05) is 0 Å². The van der Waals surface area contributed by atoms with Crippen molar-refractivity contribution in [3.63, 3.8) is 0 Å². The lowest BCUT2D eigenvalue weighted by Crippen LogP contribution is -2.47. The first kappa shape index (κ1) is 14.7. The lowest BCUT2D eigenvalue weighted by molar-refractivity contribution is -0.00859. The van der Waals surface area contributed by atoms with Gasteiger partial charge >= 0.3 is 0 Å². The number of nitrogen functional groups attached to an aromatic ring is 1. The van der Waals surface area contributed by atoms with E-state index >= 15 is 0 Å². The van der Waals surface area contributed by atoms with E-state index in [0.29, 0.717) is 17.2 Å². The Balaban J connectivity index is 1.44. The maximum absolute atomic E-state index is 12.2. The molecule has 1 aromatic rings. The predicted octanol–water partition coefficient (Wildman–Crippen LogP) is 3.45. The van der Waals surface area contributed by atoms with Gasteiger partial charge in [0, 0.05) is 22.9 Å². The molecule has 4 nitrogen and oxygen atoms in total. The van der Waals surface area contributed by atoms with Crippen molar-refractivity contribution in [3.8, 4) is 0 Å². The number of hydrazone groups is 1. The van der Waals surface area contributed by atoms with Crippen LogP contribution in [-0.4, -0.2) is 11.6 Å². The van der Waals surface area contributed by atoms with Crippen LogP contribution < -0.4 is 11.2 Å². The molecule has 4 saturated carbocycles. The van der Waals surface area contributed by atoms with Gasteiger partial charge in [-0.25, -0.2) is 5.43 Å². The Hall–Kier alpha value is -1.84. The van der Waals surface area contributed by atoms with E-state index in [4.69, 9.17) is 5.73 Å². The topological polar surface area (TPSA) is 67.5 Å². The Morgan fingerprint density at radius 3 is 2.17 bits per heavy atom. The molecule has 4 fully saturated rings. The maximum Gasteiger partial charge on any atom is 0.271 e. The number of hydrogen-bond donors (Lipinski definition) is 2. The van der Waals surface area contributed by atoms with Gasteiger partial charge in [-0.05, 0) is 87.0 Å². The van der Waals surface area contributed by atoms with E-state index in [9.17, 15) is 4.79 Å². The van der Waals surface area contributed by atoms with E-state index in [1.165, 1.54) is 32.1 Å². The average molecular weight is 311 g/mol. The average Bonchev–Trinajstić information content (AvgIpc) is 2.52. The lowest BCUT2D eigenvalue weighted by Gasteiger charge is -2.54. The van der Waals surface area contributed by atoms with Gasteiger partial charge in [0.05, 0.1) is 0 Å². The first-order chi connectivity index (χ1) is 11.1. The fourth-order valence-corrected chi connectivity index (χ4v) is 5.52. The molecule has 0 unspecified atom stereocenters. The molecule has 4 heteroatoms. The largest absolute Gasteiger partial charge is 0.399 e. The van der Waals surface area contributed by atoms with Crippen molar-refractivity contribution in [2.24, 2.45) is 34.7 Å². The summed E-state index contributed by atoms with van der Waals surface area (Å²) in [5.74, 6) is 3.94. The third-order valence-corrected chi connectivity index (χ3v) is 6.22. The summed E-state index contributed by atoms with van der Waals surface area (Å²) in [6, 6.07) is 6.95. The second-order valence-electron chi connectivity index (χ2n) is 7.77. The van der Waals surface area contributed by atoms with Crippen LogP contribution in [0, 0.1) is 29.6 Å². The molecule has 0 saturated heterocycles. The summed E-state index contributed by atoms with van der Waals surface area (Å²) in [5.41, 5.74) is 10.8. The van der Waals surface area contributed by atoms with Crippen molar-refractivity contribution in [3.05, 3.63) is 29.8 Å². The SMILES string of the molecule is C/C(=N\NC(=O)c1ccc(N)cc1)C1C2CC3CC(C2)CC1C3. The molecular formula is C19H25N3O. The summed E-state index contributed by atoms with van der Waals surface area (Å²) in [6.07, 6.45) is 6.95. The normalized spacial score (nSPS) is 35.3. The molecule has 0 aromatic heterocycles. The third-order valence-electron chi connectivity index (χ3n) is 6.22. The second kappa shape index (κ2) is 5.66. The number of benzene rings is 1. The number of carbonyl (C=O) groups is 1. The molecule has 4 aliphatic rings. The highest BCUT2D eigenvalue weighted by Crippen LogP contribution is 2.56. The number of hydrogen-bond acceptors (Lipinski definition) is 3. The van der Waals surface area contributed by atoms with Crippen LogP contribution in [0.2, 0.25) is 0 Å². The quantitative estimate of drug-likeness (QED) is 0.510. The smallest absolute Gasteiger partial charge is 0.271 e. The van der Waals surface area contributed by atoms with Crippen molar-refractivity contribution >= 4 is 17.3 Å². The van der Waals surface area contributed by atoms with Crippen LogP contribution in [-0.2, 0) is 0 Å². The summed E-state index contributed by atoms with van der Waals surface area (Å²) < 4.78 is 0. The molecule has 5 rings (SSSR count). The zero-order valence-corrected chi connectivity index (χ0v) is 13.7. The Kier molecular flexibility index (Phi) is 3.63. The number of nitrogens with zero attached hydrogens (tertiary/aromatic N) is 1. The highest BCUT2D eigenvalue weighted by molar-refractivity contribution is 5.95. The van der Waals surface area contributed by atoms with Gasteiger partial charge in [-0.2, -0.15) is 5.10 Å². The van der Waals surface area contributed by atoms with E-state index in [2.05, 4.69) is 17.5 Å². The summed E-state index contributed by atoms with van der Waals surface area (Å²) in [6.45, 7) is 2.09. The minimum absolute atomic E-state index is 0.159. The summed E-state index contributed by atoms with van der Waals surface area (Å²) >= 11 is 0. The molecule has 0 radical (unpaired) electrons. The minimum atomic E-state index is -0.159. The Bertz CT molecular complexity index is 607. The molecule has 0 aliphatic heterocycles. The summed E-state index contributed by atoms with van der Waals surface area (Å²) in [7, 11) is 0. The van der Waals surface area contributed by atoms with Gasteiger partial charge in [0.25, 0.3) is 5.91 Å². The molecule has 122 valence electrons. The fraction of sp³-hybridized carbons (Fsp3) is 0.579. The number of carbonyl (C=O) groups excluding carboxylic acids is 1. The highest BCUT2D eigenvalue weighted by atomic mass is 16.2. The molecule has 1 amide bonds. The monoisotopic (exact) mass is 311 g/mol. The zero-order chi connectivity index (χ0) is 16.0. The standard InChI is InChI=1S/C19H25N3O/c1-11(21-22-19(23)14-2-4-17(20)5-3-14)18-15-7-12-6-13(9-15)10-16(18)8-12/h2-5,12-13,15-16,18H,6-10,20H2,1H3,(H,22,23)/b21-11+. The molecule has 4 aliphatic carbocycles. The summed E-state index contributed by atoms with van der Waals surface area (Å²) in [5, 5.41) is 4.45. The predicted molar refractivity (Wildman–Crippen MR) is 92.0 cm³/mol. The van der Waals surface area contributed by atoms with Gasteiger partial charge in [0.2, 0.25) is 0 Å². The van der Waals surface area contributed by atoms with Crippen molar-refractivity contribution in [2.75, 3.05) is 5.73 Å². The van der Waals surface area contributed by atoms with Crippen LogP contribution in [0.15, 0.2) is 29.4 Å². The van der Waals surface area contributed by atoms with E-state index in [1.54, 1.807) is 24.3 Å². The van der Waals surface area contributed by atoms with E-state index in [-0.39, 0.29) is 5.91 Å². The molecule has 0 heterocycles. The molecule has 0 spiro atoms. The number of nitrogens with one attached hydrogen (secondary N) is 1. The van der Waals surface area contributed by atoms with Gasteiger partial charge in [-0.15, -0.1) is 0 Å². The Morgan fingerprint density at radius 2 is 1.61 bits per heavy atom. The van der Waals surface area contributed by atoms with Crippen LogP contribution in [0.4, 0.5) is 5.69 Å². The van der Waals surface area contributed by atoms with Crippen LogP contribution >= 0.6 is 0 Å². The molecule has 4 bridgehead atoms. The van der Waals surface area contributed by atoms with Crippen LogP contribution in [0.3, 0.4) is 0 Å². The third kappa shape index (κ3) is 2.75. The van der Waals surface area contributed by atoms with Crippen LogP contribution in [0.1, 0.15) is 49.4 Å². The molecular weight excluding hydrogens is 286 g/mol. The van der Waals surface area contributed by atoms with Crippen LogP contribution in [0.5, 0.6) is 0 Å². The molecule has 23 heavy (non-hydrogen) atoms. The Labute approximate surface area is 137 Å². The number of anilines is 1. The zero-order valence-electron chi connectivity index (χ0n) is 13.7.